The first-order valence-corrected chi connectivity index (χ1v) is 10.4. The van der Waals surface area contributed by atoms with Crippen molar-refractivity contribution in [3.63, 3.8) is 0 Å². The lowest BCUT2D eigenvalue weighted by atomic mass is 10.1. The topological polar surface area (TPSA) is 43.4 Å². The zero-order valence-electron chi connectivity index (χ0n) is 17.6. The Balaban J connectivity index is 1.68. The second-order valence-corrected chi connectivity index (χ2v) is 7.50. The molecule has 2 aromatic rings. The van der Waals surface area contributed by atoms with E-state index in [0.29, 0.717) is 17.2 Å². The molecule has 6 nitrogen and oxygen atoms in total. The van der Waals surface area contributed by atoms with E-state index in [0.717, 1.165) is 53.0 Å². The number of thiocarbonyl (C=S) groups is 2. The Labute approximate surface area is 188 Å². The summed E-state index contributed by atoms with van der Waals surface area (Å²) in [6.07, 6.45) is 0. The molecule has 1 aliphatic heterocycles. The van der Waals surface area contributed by atoms with Gasteiger partial charge in [-0.25, -0.2) is 0 Å². The number of benzene rings is 2. The van der Waals surface area contributed by atoms with Crippen LogP contribution in [0.3, 0.4) is 0 Å². The fraction of sp³-hybridized carbons (Fsp3) is 0.364. The molecular formula is C22H26N2O4S2. The third kappa shape index (κ3) is 4.60. The molecule has 160 valence electrons. The Hall–Kier alpha value is -2.58. The Bertz CT molecular complexity index is 885. The molecule has 0 atom stereocenters. The van der Waals surface area contributed by atoms with Crippen molar-refractivity contribution in [1.29, 1.82) is 0 Å². The molecule has 2 aromatic carbocycles. The van der Waals surface area contributed by atoms with Crippen LogP contribution in [-0.2, 0) is 0 Å². The molecule has 0 spiro atoms. The summed E-state index contributed by atoms with van der Waals surface area (Å²) >= 11 is 11.5. The molecule has 1 saturated heterocycles. The molecule has 1 aliphatic rings. The standard InChI is InChI=1S/C22H26N2O4S2/c1-25-17-7-5-15(6-8-17)21(29)23-9-11-24(12-10-23)22(30)16-13-18(26-2)20(28-4)19(14-16)27-3/h5-8,13-14H,9-12H2,1-4H3. The van der Waals surface area contributed by atoms with Gasteiger partial charge in [-0.2, -0.15) is 0 Å². The van der Waals surface area contributed by atoms with Gasteiger partial charge in [-0.05, 0) is 36.4 Å². The predicted molar refractivity (Wildman–Crippen MR) is 126 cm³/mol. The summed E-state index contributed by atoms with van der Waals surface area (Å²) in [5.74, 6) is 2.56. The van der Waals surface area contributed by atoms with Crippen molar-refractivity contribution in [2.75, 3.05) is 54.6 Å². The molecule has 8 heteroatoms. The average molecular weight is 447 g/mol. The fourth-order valence-corrected chi connectivity index (χ4v) is 4.04. The lowest BCUT2D eigenvalue weighted by Crippen LogP contribution is -2.50. The molecule has 0 radical (unpaired) electrons. The Morgan fingerprint density at radius 1 is 0.667 bits per heavy atom. The van der Waals surface area contributed by atoms with Gasteiger partial charge < -0.3 is 28.7 Å². The van der Waals surface area contributed by atoms with Crippen molar-refractivity contribution in [3.05, 3.63) is 47.5 Å². The van der Waals surface area contributed by atoms with Gasteiger partial charge in [0.25, 0.3) is 0 Å². The zero-order chi connectivity index (χ0) is 21.7. The maximum Gasteiger partial charge on any atom is 0.203 e. The SMILES string of the molecule is COc1ccc(C(=S)N2CCN(C(=S)c3cc(OC)c(OC)c(OC)c3)CC2)cc1. The monoisotopic (exact) mass is 446 g/mol. The molecule has 3 rings (SSSR count). The highest BCUT2D eigenvalue weighted by Crippen LogP contribution is 2.38. The normalized spacial score (nSPS) is 13.6. The Morgan fingerprint density at radius 3 is 1.53 bits per heavy atom. The van der Waals surface area contributed by atoms with Gasteiger partial charge in [0.2, 0.25) is 5.75 Å². The second kappa shape index (κ2) is 9.95. The molecule has 0 N–H and O–H groups in total. The third-order valence-electron chi connectivity index (χ3n) is 5.10. The second-order valence-electron chi connectivity index (χ2n) is 6.73. The minimum atomic E-state index is 0.557. The van der Waals surface area contributed by atoms with Crippen molar-refractivity contribution in [2.24, 2.45) is 0 Å². The van der Waals surface area contributed by atoms with Crippen LogP contribution in [0.15, 0.2) is 36.4 Å². The predicted octanol–water partition coefficient (Wildman–Crippen LogP) is 3.39. The molecule has 0 aliphatic carbocycles. The van der Waals surface area contributed by atoms with Crippen molar-refractivity contribution < 1.29 is 18.9 Å². The average Bonchev–Trinajstić information content (AvgIpc) is 2.82. The number of rotatable bonds is 6. The van der Waals surface area contributed by atoms with Crippen LogP contribution >= 0.6 is 24.4 Å². The van der Waals surface area contributed by atoms with Crippen molar-refractivity contribution >= 4 is 34.4 Å². The van der Waals surface area contributed by atoms with Crippen LogP contribution in [0.4, 0.5) is 0 Å². The van der Waals surface area contributed by atoms with E-state index in [1.54, 1.807) is 28.4 Å². The molecular weight excluding hydrogens is 420 g/mol. The van der Waals surface area contributed by atoms with Gasteiger partial charge in [0, 0.05) is 37.3 Å². The summed E-state index contributed by atoms with van der Waals surface area (Å²) in [5.41, 5.74) is 1.89. The molecule has 0 amide bonds. The first kappa shape index (κ1) is 22.1. The summed E-state index contributed by atoms with van der Waals surface area (Å²) in [6, 6.07) is 11.6. The van der Waals surface area contributed by atoms with E-state index in [2.05, 4.69) is 9.80 Å². The number of ether oxygens (including phenoxy) is 4. The largest absolute Gasteiger partial charge is 0.497 e. The van der Waals surface area contributed by atoms with Gasteiger partial charge in [-0.1, -0.05) is 24.4 Å². The summed E-state index contributed by atoms with van der Waals surface area (Å²) < 4.78 is 21.5. The number of nitrogens with zero attached hydrogens (tertiary/aromatic N) is 2. The van der Waals surface area contributed by atoms with E-state index >= 15 is 0 Å². The molecule has 0 unspecified atom stereocenters. The van der Waals surface area contributed by atoms with E-state index in [9.17, 15) is 0 Å². The van der Waals surface area contributed by atoms with E-state index in [4.69, 9.17) is 43.4 Å². The number of piperazine rings is 1. The molecule has 1 heterocycles. The summed E-state index contributed by atoms with van der Waals surface area (Å²) in [7, 11) is 6.44. The molecule has 0 bridgehead atoms. The zero-order valence-corrected chi connectivity index (χ0v) is 19.3. The van der Waals surface area contributed by atoms with Crippen LogP contribution in [0.2, 0.25) is 0 Å². The first-order valence-electron chi connectivity index (χ1n) is 9.55. The van der Waals surface area contributed by atoms with Crippen molar-refractivity contribution in [1.82, 2.24) is 9.80 Å². The molecule has 1 fully saturated rings. The van der Waals surface area contributed by atoms with Gasteiger partial charge in [0.1, 0.15) is 15.7 Å². The van der Waals surface area contributed by atoms with Crippen LogP contribution in [0, 0.1) is 0 Å². The van der Waals surface area contributed by atoms with Gasteiger partial charge in [0.05, 0.1) is 28.4 Å². The van der Waals surface area contributed by atoms with Crippen LogP contribution in [0.1, 0.15) is 11.1 Å². The van der Waals surface area contributed by atoms with E-state index < -0.39 is 0 Å². The van der Waals surface area contributed by atoms with E-state index in [-0.39, 0.29) is 0 Å². The highest BCUT2D eigenvalue weighted by Gasteiger charge is 2.24. The van der Waals surface area contributed by atoms with E-state index in [1.807, 2.05) is 36.4 Å². The van der Waals surface area contributed by atoms with Crippen molar-refractivity contribution in [2.45, 2.75) is 0 Å². The Kier molecular flexibility index (Phi) is 7.33. The number of hydrogen-bond donors (Lipinski definition) is 0. The highest BCUT2D eigenvalue weighted by atomic mass is 32.1. The van der Waals surface area contributed by atoms with Crippen LogP contribution < -0.4 is 18.9 Å². The van der Waals surface area contributed by atoms with Crippen LogP contribution in [0.25, 0.3) is 0 Å². The fourth-order valence-electron chi connectivity index (χ4n) is 3.42. The molecule has 0 saturated carbocycles. The minimum absolute atomic E-state index is 0.557. The highest BCUT2D eigenvalue weighted by molar-refractivity contribution is 7.81. The summed E-state index contributed by atoms with van der Waals surface area (Å²) in [4.78, 5) is 5.99. The smallest absolute Gasteiger partial charge is 0.203 e. The van der Waals surface area contributed by atoms with Gasteiger partial charge in [0.15, 0.2) is 11.5 Å². The lowest BCUT2D eigenvalue weighted by Gasteiger charge is -2.37. The lowest BCUT2D eigenvalue weighted by molar-refractivity contribution is 0.265. The molecule has 0 aromatic heterocycles. The van der Waals surface area contributed by atoms with Gasteiger partial charge in [-0.15, -0.1) is 0 Å². The van der Waals surface area contributed by atoms with E-state index in [1.165, 1.54) is 0 Å². The number of methoxy groups -OCH3 is 4. The first-order chi connectivity index (χ1) is 14.5. The maximum atomic E-state index is 5.77. The summed E-state index contributed by atoms with van der Waals surface area (Å²) in [5, 5.41) is 0. The van der Waals surface area contributed by atoms with Crippen LogP contribution in [-0.4, -0.2) is 74.4 Å². The maximum absolute atomic E-state index is 5.77. The van der Waals surface area contributed by atoms with Gasteiger partial charge in [-0.3, -0.25) is 0 Å². The number of hydrogen-bond acceptors (Lipinski definition) is 6. The van der Waals surface area contributed by atoms with Crippen LogP contribution in [0.5, 0.6) is 23.0 Å². The Morgan fingerprint density at radius 2 is 1.13 bits per heavy atom. The van der Waals surface area contributed by atoms with Crippen molar-refractivity contribution in [3.8, 4) is 23.0 Å². The summed E-state index contributed by atoms with van der Waals surface area (Å²) in [6.45, 7) is 3.17. The molecule has 30 heavy (non-hydrogen) atoms. The quantitative estimate of drug-likeness (QED) is 0.626. The third-order valence-corrected chi connectivity index (χ3v) is 6.09. The van der Waals surface area contributed by atoms with Gasteiger partial charge >= 0.3 is 0 Å². The minimum Gasteiger partial charge on any atom is -0.497 e.